The van der Waals surface area contributed by atoms with Crippen molar-refractivity contribution in [3.05, 3.63) is 18.0 Å². The van der Waals surface area contributed by atoms with Gasteiger partial charge < -0.3 is 15.2 Å². The first-order valence-corrected chi connectivity index (χ1v) is 8.45. The van der Waals surface area contributed by atoms with E-state index in [-0.39, 0.29) is 24.6 Å². The first kappa shape index (κ1) is 16.5. The Bertz CT molecular complexity index is 650. The zero-order valence-corrected chi connectivity index (χ0v) is 12.8. The third-order valence-electron chi connectivity index (χ3n) is 3.52. The molecule has 0 bridgehead atoms. The fourth-order valence-electron chi connectivity index (χ4n) is 2.33. The van der Waals surface area contributed by atoms with E-state index in [0.29, 0.717) is 0 Å². The second-order valence-corrected chi connectivity index (χ2v) is 6.48. The van der Waals surface area contributed by atoms with Crippen molar-refractivity contribution in [2.24, 2.45) is 0 Å². The molecule has 2 N–H and O–H groups in total. The Kier molecular flexibility index (Phi) is 5.17. The molecule has 0 spiro atoms. The number of aromatic amines is 1. The maximum atomic E-state index is 12.7. The van der Waals surface area contributed by atoms with E-state index in [0.717, 1.165) is 44.6 Å². The van der Waals surface area contributed by atoms with Crippen molar-refractivity contribution in [2.75, 3.05) is 19.6 Å². The summed E-state index contributed by atoms with van der Waals surface area (Å²) in [5, 5.41) is 2.50. The van der Waals surface area contributed by atoms with Crippen LogP contribution in [0.3, 0.4) is 0 Å². The SMILES string of the molecule is O=C(NCCC(=O)N1CCCCC1)c1cc(S(=O)(=O)F)c[nH]1. The number of hydrogen-bond donors (Lipinski definition) is 2. The van der Waals surface area contributed by atoms with E-state index in [2.05, 4.69) is 10.3 Å². The molecule has 1 aliphatic rings. The van der Waals surface area contributed by atoms with Gasteiger partial charge in [-0.05, 0) is 25.3 Å². The number of rotatable bonds is 5. The van der Waals surface area contributed by atoms with E-state index < -0.39 is 21.0 Å². The van der Waals surface area contributed by atoms with Crippen LogP contribution < -0.4 is 5.32 Å². The molecule has 9 heteroatoms. The quantitative estimate of drug-likeness (QED) is 0.780. The van der Waals surface area contributed by atoms with Crippen LogP contribution in [0.25, 0.3) is 0 Å². The lowest BCUT2D eigenvalue weighted by atomic mass is 10.1. The minimum atomic E-state index is -4.84. The fourth-order valence-corrected chi connectivity index (χ4v) is 2.78. The number of carbonyl (C=O) groups is 2. The monoisotopic (exact) mass is 331 g/mol. The summed E-state index contributed by atoms with van der Waals surface area (Å²) in [6, 6.07) is 0.914. The number of halogens is 1. The molecule has 1 saturated heterocycles. The maximum Gasteiger partial charge on any atom is 0.333 e. The van der Waals surface area contributed by atoms with Crippen LogP contribution in [0.1, 0.15) is 36.2 Å². The average Bonchev–Trinajstić information content (AvgIpc) is 2.98. The number of nitrogens with zero attached hydrogens (tertiary/aromatic N) is 1. The van der Waals surface area contributed by atoms with Crippen molar-refractivity contribution in [2.45, 2.75) is 30.6 Å². The molecule has 2 amide bonds. The van der Waals surface area contributed by atoms with Gasteiger partial charge in [-0.3, -0.25) is 9.59 Å². The summed E-state index contributed by atoms with van der Waals surface area (Å²) < 4.78 is 34.1. The second kappa shape index (κ2) is 6.91. The predicted molar refractivity (Wildman–Crippen MR) is 76.5 cm³/mol. The molecular formula is C13H18FN3O4S. The van der Waals surface area contributed by atoms with Gasteiger partial charge in [-0.15, -0.1) is 3.89 Å². The first-order valence-electron chi connectivity index (χ1n) is 7.07. The predicted octanol–water partition coefficient (Wildman–Crippen LogP) is 0.805. The summed E-state index contributed by atoms with van der Waals surface area (Å²) in [5.41, 5.74) is -0.0679. The molecule has 22 heavy (non-hydrogen) atoms. The number of carbonyl (C=O) groups excluding carboxylic acids is 2. The molecular weight excluding hydrogens is 313 g/mol. The number of amides is 2. The van der Waals surface area contributed by atoms with Gasteiger partial charge in [0.25, 0.3) is 5.91 Å². The third-order valence-corrected chi connectivity index (χ3v) is 4.31. The molecule has 0 radical (unpaired) electrons. The van der Waals surface area contributed by atoms with Gasteiger partial charge in [0.1, 0.15) is 10.6 Å². The van der Waals surface area contributed by atoms with E-state index in [1.165, 1.54) is 0 Å². The highest BCUT2D eigenvalue weighted by molar-refractivity contribution is 7.86. The van der Waals surface area contributed by atoms with Gasteiger partial charge in [0.15, 0.2) is 0 Å². The normalized spacial score (nSPS) is 15.6. The highest BCUT2D eigenvalue weighted by Gasteiger charge is 2.18. The Morgan fingerprint density at radius 3 is 2.55 bits per heavy atom. The van der Waals surface area contributed by atoms with Crippen LogP contribution in [-0.4, -0.2) is 49.8 Å². The molecule has 0 aliphatic carbocycles. The number of nitrogens with one attached hydrogen (secondary N) is 2. The Labute approximate surface area is 128 Å². The number of hydrogen-bond acceptors (Lipinski definition) is 4. The minimum absolute atomic E-state index is 0.0153. The molecule has 0 saturated carbocycles. The van der Waals surface area contributed by atoms with E-state index in [1.54, 1.807) is 4.90 Å². The Hall–Kier alpha value is -1.90. The zero-order chi connectivity index (χ0) is 16.2. The van der Waals surface area contributed by atoms with Crippen LogP contribution in [0.4, 0.5) is 3.89 Å². The Balaban J connectivity index is 1.80. The number of aromatic nitrogens is 1. The number of H-pyrrole nitrogens is 1. The molecule has 1 aromatic rings. The molecule has 0 unspecified atom stereocenters. The van der Waals surface area contributed by atoms with Crippen molar-refractivity contribution in [1.82, 2.24) is 15.2 Å². The van der Waals surface area contributed by atoms with Gasteiger partial charge in [0.05, 0.1) is 0 Å². The van der Waals surface area contributed by atoms with Crippen molar-refractivity contribution in [1.29, 1.82) is 0 Å². The summed E-state index contributed by atoms with van der Waals surface area (Å²) >= 11 is 0. The minimum Gasteiger partial charge on any atom is -0.356 e. The summed E-state index contributed by atoms with van der Waals surface area (Å²) in [7, 11) is -4.84. The van der Waals surface area contributed by atoms with Gasteiger partial charge in [-0.25, -0.2) is 0 Å². The summed E-state index contributed by atoms with van der Waals surface area (Å²) in [6.07, 6.45) is 4.22. The number of likely N-dealkylation sites (tertiary alicyclic amines) is 1. The second-order valence-electron chi connectivity index (χ2n) is 5.13. The lowest BCUT2D eigenvalue weighted by Crippen LogP contribution is -2.37. The van der Waals surface area contributed by atoms with Gasteiger partial charge in [0, 0.05) is 32.3 Å². The van der Waals surface area contributed by atoms with Crippen molar-refractivity contribution in [3.63, 3.8) is 0 Å². The summed E-state index contributed by atoms with van der Waals surface area (Å²) in [5.74, 6) is -0.597. The van der Waals surface area contributed by atoms with E-state index in [1.807, 2.05) is 0 Å². The molecule has 2 heterocycles. The highest BCUT2D eigenvalue weighted by Crippen LogP contribution is 2.13. The van der Waals surface area contributed by atoms with Gasteiger partial charge in [-0.1, -0.05) is 0 Å². The molecule has 1 aliphatic heterocycles. The summed E-state index contributed by atoms with van der Waals surface area (Å²) in [4.78, 5) is 27.2. The van der Waals surface area contributed by atoms with E-state index >= 15 is 0 Å². The van der Waals surface area contributed by atoms with Gasteiger partial charge in [-0.2, -0.15) is 8.42 Å². The van der Waals surface area contributed by atoms with Crippen LogP contribution in [0, 0.1) is 0 Å². The van der Waals surface area contributed by atoms with Crippen LogP contribution in [0.15, 0.2) is 17.2 Å². The van der Waals surface area contributed by atoms with Gasteiger partial charge >= 0.3 is 10.2 Å². The molecule has 1 aromatic heterocycles. The van der Waals surface area contributed by atoms with Crippen LogP contribution in [0.2, 0.25) is 0 Å². The van der Waals surface area contributed by atoms with Gasteiger partial charge in [0.2, 0.25) is 5.91 Å². The molecule has 0 aromatic carbocycles. The standard InChI is InChI=1S/C13H18FN3O4S/c14-22(20,21)10-8-11(16-9-10)13(19)15-5-4-12(18)17-6-2-1-3-7-17/h8-9,16H,1-7H2,(H,15,19). The average molecular weight is 331 g/mol. The first-order chi connectivity index (χ1) is 10.4. The smallest absolute Gasteiger partial charge is 0.333 e. The molecule has 2 rings (SSSR count). The van der Waals surface area contributed by atoms with Crippen molar-refractivity contribution < 1.29 is 21.9 Å². The molecule has 122 valence electrons. The topological polar surface area (TPSA) is 99.3 Å². The zero-order valence-electron chi connectivity index (χ0n) is 12.0. The van der Waals surface area contributed by atoms with Crippen LogP contribution in [-0.2, 0) is 15.0 Å². The lowest BCUT2D eigenvalue weighted by molar-refractivity contribution is -0.131. The largest absolute Gasteiger partial charge is 0.356 e. The molecule has 1 fully saturated rings. The maximum absolute atomic E-state index is 12.7. The Morgan fingerprint density at radius 2 is 1.95 bits per heavy atom. The van der Waals surface area contributed by atoms with Crippen LogP contribution >= 0.6 is 0 Å². The van der Waals surface area contributed by atoms with Crippen LogP contribution in [0.5, 0.6) is 0 Å². The number of piperidine rings is 1. The van der Waals surface area contributed by atoms with Crippen molar-refractivity contribution >= 4 is 22.0 Å². The van der Waals surface area contributed by atoms with E-state index in [9.17, 15) is 21.9 Å². The molecule has 7 nitrogen and oxygen atoms in total. The summed E-state index contributed by atoms with van der Waals surface area (Å²) in [6.45, 7) is 1.65. The highest BCUT2D eigenvalue weighted by atomic mass is 32.3. The Morgan fingerprint density at radius 1 is 1.27 bits per heavy atom. The lowest BCUT2D eigenvalue weighted by Gasteiger charge is -2.26. The third kappa shape index (κ3) is 4.30. The van der Waals surface area contributed by atoms with Crippen molar-refractivity contribution in [3.8, 4) is 0 Å². The van der Waals surface area contributed by atoms with E-state index in [4.69, 9.17) is 0 Å². The fraction of sp³-hybridized carbons (Fsp3) is 0.538. The molecule has 0 atom stereocenters.